The maximum absolute atomic E-state index is 13.3. The standard InChI is InChI=1S/C13H13ClFN3/c14-8-5-13(10(16)6-9(8)15)18-7-17-11-3-1-2-4-12(11)18/h5-7H,1-4,16H2. The van der Waals surface area contributed by atoms with E-state index in [0.717, 1.165) is 30.7 Å². The highest BCUT2D eigenvalue weighted by Gasteiger charge is 2.18. The molecule has 18 heavy (non-hydrogen) atoms. The first kappa shape index (κ1) is 11.5. The minimum absolute atomic E-state index is 0.0810. The molecular formula is C13H13ClFN3. The van der Waals surface area contributed by atoms with Gasteiger partial charge in [-0.15, -0.1) is 0 Å². The fourth-order valence-electron chi connectivity index (χ4n) is 2.44. The summed E-state index contributed by atoms with van der Waals surface area (Å²) >= 11 is 5.82. The van der Waals surface area contributed by atoms with Crippen molar-refractivity contribution in [2.24, 2.45) is 0 Å². The van der Waals surface area contributed by atoms with Crippen molar-refractivity contribution >= 4 is 17.3 Å². The first-order valence-electron chi connectivity index (χ1n) is 5.97. The number of rotatable bonds is 1. The van der Waals surface area contributed by atoms with Crippen LogP contribution in [0.25, 0.3) is 5.69 Å². The van der Waals surface area contributed by atoms with Crippen LogP contribution in [-0.4, -0.2) is 9.55 Å². The van der Waals surface area contributed by atoms with Crippen LogP contribution in [0, 0.1) is 5.82 Å². The second-order valence-corrected chi connectivity index (χ2v) is 4.95. The van der Waals surface area contributed by atoms with Gasteiger partial charge in [-0.05, 0) is 31.7 Å². The highest BCUT2D eigenvalue weighted by molar-refractivity contribution is 6.31. The maximum Gasteiger partial charge on any atom is 0.143 e. The number of hydrogen-bond acceptors (Lipinski definition) is 2. The lowest BCUT2D eigenvalue weighted by Crippen LogP contribution is -2.08. The summed E-state index contributed by atoms with van der Waals surface area (Å²) in [6, 6.07) is 2.82. The van der Waals surface area contributed by atoms with Crippen LogP contribution >= 0.6 is 11.6 Å². The van der Waals surface area contributed by atoms with Gasteiger partial charge in [0.15, 0.2) is 0 Å². The van der Waals surface area contributed by atoms with Gasteiger partial charge in [0.25, 0.3) is 0 Å². The van der Waals surface area contributed by atoms with Gasteiger partial charge in [0.1, 0.15) is 5.82 Å². The molecule has 0 fully saturated rings. The third kappa shape index (κ3) is 1.77. The lowest BCUT2D eigenvalue weighted by atomic mass is 10.0. The predicted octanol–water partition coefficient (Wildman–Crippen LogP) is 3.13. The second kappa shape index (κ2) is 4.28. The largest absolute Gasteiger partial charge is 0.397 e. The molecule has 0 atom stereocenters. The predicted molar refractivity (Wildman–Crippen MR) is 69.6 cm³/mol. The molecule has 1 aliphatic carbocycles. The Morgan fingerprint density at radius 3 is 2.89 bits per heavy atom. The monoisotopic (exact) mass is 265 g/mol. The maximum atomic E-state index is 13.3. The number of nitrogens with zero attached hydrogens (tertiary/aromatic N) is 2. The average molecular weight is 266 g/mol. The lowest BCUT2D eigenvalue weighted by Gasteiger charge is -2.15. The van der Waals surface area contributed by atoms with Crippen LogP contribution in [0.15, 0.2) is 18.5 Å². The van der Waals surface area contributed by atoms with Crippen LogP contribution in [0.5, 0.6) is 0 Å². The number of benzene rings is 1. The molecule has 1 aromatic carbocycles. The Balaban J connectivity index is 2.15. The topological polar surface area (TPSA) is 43.8 Å². The summed E-state index contributed by atoms with van der Waals surface area (Å²) in [6.45, 7) is 0. The smallest absolute Gasteiger partial charge is 0.143 e. The molecule has 0 bridgehead atoms. The Labute approximate surface area is 109 Å². The number of nitrogens with two attached hydrogens (primary N) is 1. The number of fused-ring (bicyclic) bond motifs is 1. The van der Waals surface area contributed by atoms with Crippen LogP contribution in [0.4, 0.5) is 10.1 Å². The van der Waals surface area contributed by atoms with Crippen molar-refractivity contribution in [3.05, 3.63) is 40.7 Å². The molecule has 0 saturated heterocycles. The molecule has 3 nitrogen and oxygen atoms in total. The molecular weight excluding hydrogens is 253 g/mol. The van der Waals surface area contributed by atoms with Gasteiger partial charge in [0.2, 0.25) is 0 Å². The Hall–Kier alpha value is -1.55. The van der Waals surface area contributed by atoms with Crippen molar-refractivity contribution in [1.82, 2.24) is 9.55 Å². The van der Waals surface area contributed by atoms with Gasteiger partial charge in [-0.2, -0.15) is 0 Å². The van der Waals surface area contributed by atoms with E-state index in [-0.39, 0.29) is 5.02 Å². The summed E-state index contributed by atoms with van der Waals surface area (Å²) in [5.74, 6) is -0.494. The van der Waals surface area contributed by atoms with Crippen molar-refractivity contribution in [2.75, 3.05) is 5.73 Å². The van der Waals surface area contributed by atoms with Crippen molar-refractivity contribution in [2.45, 2.75) is 25.7 Å². The third-order valence-corrected chi connectivity index (χ3v) is 3.65. The van der Waals surface area contributed by atoms with Crippen LogP contribution < -0.4 is 5.73 Å². The van der Waals surface area contributed by atoms with E-state index in [1.165, 1.54) is 12.5 Å². The minimum atomic E-state index is -0.494. The molecule has 1 heterocycles. The van der Waals surface area contributed by atoms with E-state index >= 15 is 0 Å². The van der Waals surface area contributed by atoms with Gasteiger partial charge in [0.05, 0.1) is 28.4 Å². The van der Waals surface area contributed by atoms with E-state index in [1.54, 1.807) is 12.4 Å². The van der Waals surface area contributed by atoms with E-state index in [4.69, 9.17) is 17.3 Å². The van der Waals surface area contributed by atoms with E-state index in [1.807, 2.05) is 4.57 Å². The number of imidazole rings is 1. The third-order valence-electron chi connectivity index (χ3n) is 3.36. The van der Waals surface area contributed by atoms with E-state index < -0.39 is 5.82 Å². The fraction of sp³-hybridized carbons (Fsp3) is 0.308. The average Bonchev–Trinajstić information content (AvgIpc) is 2.78. The number of anilines is 1. The van der Waals surface area contributed by atoms with E-state index in [9.17, 15) is 4.39 Å². The molecule has 1 aromatic heterocycles. The number of hydrogen-bond donors (Lipinski definition) is 1. The molecule has 0 unspecified atom stereocenters. The lowest BCUT2D eigenvalue weighted by molar-refractivity contribution is 0.628. The van der Waals surface area contributed by atoms with Gasteiger partial charge in [0, 0.05) is 11.8 Å². The summed E-state index contributed by atoms with van der Waals surface area (Å²) < 4.78 is 15.2. The molecule has 0 amide bonds. The van der Waals surface area contributed by atoms with Crippen LogP contribution in [0.2, 0.25) is 5.02 Å². The number of halogens is 2. The van der Waals surface area contributed by atoms with Crippen LogP contribution in [-0.2, 0) is 12.8 Å². The molecule has 0 aliphatic heterocycles. The van der Waals surface area contributed by atoms with Gasteiger partial charge >= 0.3 is 0 Å². The zero-order valence-corrected chi connectivity index (χ0v) is 10.5. The normalized spacial score (nSPS) is 14.6. The minimum Gasteiger partial charge on any atom is -0.397 e. The Morgan fingerprint density at radius 2 is 2.06 bits per heavy atom. The van der Waals surface area contributed by atoms with Gasteiger partial charge in [-0.1, -0.05) is 11.6 Å². The Bertz CT molecular complexity index is 607. The highest BCUT2D eigenvalue weighted by Crippen LogP contribution is 2.29. The molecule has 1 aliphatic rings. The van der Waals surface area contributed by atoms with Crippen molar-refractivity contribution in [3.63, 3.8) is 0 Å². The van der Waals surface area contributed by atoms with Gasteiger partial charge in [-0.25, -0.2) is 9.37 Å². The van der Waals surface area contributed by atoms with Crippen molar-refractivity contribution < 1.29 is 4.39 Å². The second-order valence-electron chi connectivity index (χ2n) is 4.54. The SMILES string of the molecule is Nc1cc(F)c(Cl)cc1-n1cnc2c1CCCC2. The zero-order chi connectivity index (χ0) is 12.7. The van der Waals surface area contributed by atoms with E-state index in [2.05, 4.69) is 4.98 Å². The van der Waals surface area contributed by atoms with E-state index in [0.29, 0.717) is 11.4 Å². The fourth-order valence-corrected chi connectivity index (χ4v) is 2.59. The van der Waals surface area contributed by atoms with Gasteiger partial charge < -0.3 is 10.3 Å². The van der Waals surface area contributed by atoms with Crippen LogP contribution in [0.3, 0.4) is 0 Å². The summed E-state index contributed by atoms with van der Waals surface area (Å²) in [5, 5.41) is 0.0810. The highest BCUT2D eigenvalue weighted by atomic mass is 35.5. The molecule has 94 valence electrons. The first-order chi connectivity index (χ1) is 8.66. The molecule has 2 N–H and O–H groups in total. The number of nitrogen functional groups attached to an aromatic ring is 1. The number of aryl methyl sites for hydroxylation is 1. The number of aromatic nitrogens is 2. The summed E-state index contributed by atoms with van der Waals surface area (Å²) in [5.41, 5.74) is 9.23. The van der Waals surface area contributed by atoms with Crippen molar-refractivity contribution in [1.29, 1.82) is 0 Å². The molecule has 0 radical (unpaired) electrons. The Kier molecular flexibility index (Phi) is 2.74. The zero-order valence-electron chi connectivity index (χ0n) is 9.79. The molecule has 2 aromatic rings. The Morgan fingerprint density at radius 1 is 1.28 bits per heavy atom. The summed E-state index contributed by atoms with van der Waals surface area (Å²) in [6.07, 6.45) is 6.04. The summed E-state index contributed by atoms with van der Waals surface area (Å²) in [4.78, 5) is 4.40. The first-order valence-corrected chi connectivity index (χ1v) is 6.34. The molecule has 5 heteroatoms. The quantitative estimate of drug-likeness (QED) is 0.805. The molecule has 0 saturated carbocycles. The van der Waals surface area contributed by atoms with Crippen LogP contribution in [0.1, 0.15) is 24.2 Å². The van der Waals surface area contributed by atoms with Crippen molar-refractivity contribution in [3.8, 4) is 5.69 Å². The molecule has 3 rings (SSSR count). The van der Waals surface area contributed by atoms with Gasteiger partial charge in [-0.3, -0.25) is 0 Å². The summed E-state index contributed by atoms with van der Waals surface area (Å²) in [7, 11) is 0. The molecule has 0 spiro atoms.